The van der Waals surface area contributed by atoms with Gasteiger partial charge in [0.15, 0.2) is 5.15 Å². The van der Waals surface area contributed by atoms with Crippen molar-refractivity contribution in [2.24, 2.45) is 0 Å². The van der Waals surface area contributed by atoms with Gasteiger partial charge in [0, 0.05) is 36.8 Å². The fraction of sp³-hybridized carbons (Fsp3) is 0.0417. The summed E-state index contributed by atoms with van der Waals surface area (Å²) in [5.41, 5.74) is 3.52. The van der Waals surface area contributed by atoms with E-state index in [9.17, 15) is 13.2 Å². The normalized spacial score (nSPS) is 11.1. The molecule has 0 aliphatic rings. The van der Waals surface area contributed by atoms with Crippen LogP contribution in [0.1, 0.15) is 10.4 Å². The predicted octanol–water partition coefficient (Wildman–Crippen LogP) is 4.62. The number of sulfonamides is 1. The molecule has 0 aliphatic heterocycles. The monoisotopic (exact) mass is 478 g/mol. The lowest BCUT2D eigenvalue weighted by Gasteiger charge is -2.12. The minimum absolute atomic E-state index is 0.00125. The molecule has 1 amide bonds. The number of carbonyl (C=O) groups is 1. The summed E-state index contributed by atoms with van der Waals surface area (Å²) in [4.78, 5) is 20.2. The number of nitrogens with one attached hydrogen (secondary N) is 2. The minimum Gasteiger partial charge on any atom is -0.355 e. The second-order valence-electron chi connectivity index (χ2n) is 7.10. The van der Waals surface area contributed by atoms with Gasteiger partial charge >= 0.3 is 0 Å². The van der Waals surface area contributed by atoms with Gasteiger partial charge in [-0.15, -0.1) is 0 Å². The summed E-state index contributed by atoms with van der Waals surface area (Å²) in [7, 11) is -2.39. The molecule has 166 valence electrons. The van der Waals surface area contributed by atoms with Gasteiger partial charge in [-0.3, -0.25) is 14.5 Å². The van der Waals surface area contributed by atoms with Gasteiger partial charge in [-0.25, -0.2) is 13.4 Å². The predicted molar refractivity (Wildman–Crippen MR) is 129 cm³/mol. The Labute approximate surface area is 196 Å². The van der Waals surface area contributed by atoms with E-state index in [1.165, 1.54) is 31.6 Å². The molecule has 9 heteroatoms. The van der Waals surface area contributed by atoms with Gasteiger partial charge in [-0.1, -0.05) is 54.1 Å². The number of carbonyl (C=O) groups excluding carboxylic acids is 1. The van der Waals surface area contributed by atoms with Gasteiger partial charge in [0.05, 0.1) is 16.1 Å². The minimum atomic E-state index is -3.91. The number of aromatic nitrogens is 2. The van der Waals surface area contributed by atoms with E-state index < -0.39 is 10.0 Å². The summed E-state index contributed by atoms with van der Waals surface area (Å²) < 4.78 is 28.4. The van der Waals surface area contributed by atoms with E-state index in [1.54, 1.807) is 30.5 Å². The third kappa shape index (κ3) is 5.02. The molecule has 0 spiro atoms. The van der Waals surface area contributed by atoms with Crippen LogP contribution in [0.25, 0.3) is 22.3 Å². The highest BCUT2D eigenvalue weighted by atomic mass is 35.5. The highest BCUT2D eigenvalue weighted by molar-refractivity contribution is 7.92. The lowest BCUT2D eigenvalue weighted by atomic mass is 10.1. The summed E-state index contributed by atoms with van der Waals surface area (Å²) in [5.74, 6) is -0.286. The number of benzene rings is 2. The van der Waals surface area contributed by atoms with E-state index in [4.69, 9.17) is 11.6 Å². The maximum atomic E-state index is 13.0. The Hall–Kier alpha value is -3.75. The van der Waals surface area contributed by atoms with E-state index >= 15 is 0 Å². The zero-order valence-electron chi connectivity index (χ0n) is 17.5. The van der Waals surface area contributed by atoms with Crippen molar-refractivity contribution < 1.29 is 13.2 Å². The zero-order valence-corrected chi connectivity index (χ0v) is 19.1. The standard InChI is InChI=1S/C24H19ClN4O3S/c1-26-24(30)20-11-18(13-27-14-20)19-12-22(23(25)28-15-19)29-33(31,32)21-9-7-17(8-10-21)16-5-3-2-4-6-16/h2-15,29H,1H3,(H,26,30). The summed E-state index contributed by atoms with van der Waals surface area (Å²) in [5, 5.41) is 2.54. The molecule has 2 aromatic heterocycles. The number of amides is 1. The molecule has 0 saturated heterocycles. The van der Waals surface area contributed by atoms with Crippen LogP contribution >= 0.6 is 11.6 Å². The van der Waals surface area contributed by atoms with Crippen LogP contribution < -0.4 is 10.0 Å². The van der Waals surface area contributed by atoms with Crippen LogP contribution in [-0.4, -0.2) is 31.3 Å². The van der Waals surface area contributed by atoms with Crippen LogP contribution in [0.2, 0.25) is 5.15 Å². The number of halogens is 1. The van der Waals surface area contributed by atoms with Crippen molar-refractivity contribution in [1.82, 2.24) is 15.3 Å². The first-order valence-corrected chi connectivity index (χ1v) is 11.7. The van der Waals surface area contributed by atoms with Crippen molar-refractivity contribution in [2.75, 3.05) is 11.8 Å². The van der Waals surface area contributed by atoms with Crippen molar-refractivity contribution >= 4 is 33.2 Å². The first-order valence-electron chi connectivity index (χ1n) is 9.89. The van der Waals surface area contributed by atoms with E-state index in [0.29, 0.717) is 16.7 Å². The van der Waals surface area contributed by atoms with Gasteiger partial charge in [0.1, 0.15) is 0 Å². The average Bonchev–Trinajstić information content (AvgIpc) is 2.85. The number of hydrogen-bond donors (Lipinski definition) is 2. The van der Waals surface area contributed by atoms with E-state index in [2.05, 4.69) is 20.0 Å². The van der Waals surface area contributed by atoms with Crippen molar-refractivity contribution in [3.05, 3.63) is 96.0 Å². The number of rotatable bonds is 6. The highest BCUT2D eigenvalue weighted by Gasteiger charge is 2.17. The summed E-state index contributed by atoms with van der Waals surface area (Å²) >= 11 is 6.17. The first kappa shape index (κ1) is 22.4. The second kappa shape index (κ2) is 9.40. The van der Waals surface area contributed by atoms with Crippen LogP contribution in [0.3, 0.4) is 0 Å². The van der Waals surface area contributed by atoms with Crippen molar-refractivity contribution in [1.29, 1.82) is 0 Å². The maximum absolute atomic E-state index is 13.0. The number of nitrogens with zero attached hydrogens (tertiary/aromatic N) is 2. The maximum Gasteiger partial charge on any atom is 0.261 e. The zero-order chi connectivity index (χ0) is 23.4. The molecular weight excluding hydrogens is 460 g/mol. The molecule has 7 nitrogen and oxygen atoms in total. The number of hydrogen-bond acceptors (Lipinski definition) is 5. The molecule has 0 unspecified atom stereocenters. The van der Waals surface area contributed by atoms with Gasteiger partial charge in [0.2, 0.25) is 0 Å². The largest absolute Gasteiger partial charge is 0.355 e. The molecule has 0 aliphatic carbocycles. The quantitative estimate of drug-likeness (QED) is 0.393. The summed E-state index contributed by atoms with van der Waals surface area (Å²) in [6.07, 6.45) is 4.48. The molecule has 33 heavy (non-hydrogen) atoms. The van der Waals surface area contributed by atoms with Crippen LogP contribution in [0, 0.1) is 0 Å². The van der Waals surface area contributed by atoms with E-state index in [-0.39, 0.29) is 21.6 Å². The average molecular weight is 479 g/mol. The fourth-order valence-corrected chi connectivity index (χ4v) is 4.47. The Morgan fingerprint density at radius 1 is 0.848 bits per heavy atom. The van der Waals surface area contributed by atoms with Crippen LogP contribution in [0.5, 0.6) is 0 Å². The molecule has 4 rings (SSSR count). The van der Waals surface area contributed by atoms with Gasteiger partial charge in [-0.05, 0) is 35.4 Å². The molecule has 0 saturated carbocycles. The molecule has 2 N–H and O–H groups in total. The third-order valence-corrected chi connectivity index (χ3v) is 6.60. The Balaban J connectivity index is 1.62. The van der Waals surface area contributed by atoms with Gasteiger partial charge in [-0.2, -0.15) is 0 Å². The molecule has 0 fully saturated rings. The Bertz CT molecular complexity index is 1410. The van der Waals surface area contributed by atoms with Crippen molar-refractivity contribution in [2.45, 2.75) is 4.90 Å². The third-order valence-electron chi connectivity index (χ3n) is 4.92. The molecule has 0 bridgehead atoms. The SMILES string of the molecule is CNC(=O)c1cncc(-c2cnc(Cl)c(NS(=O)(=O)c3ccc(-c4ccccc4)cc3)c2)c1. The van der Waals surface area contributed by atoms with E-state index in [1.807, 2.05) is 30.3 Å². The lowest BCUT2D eigenvalue weighted by molar-refractivity contribution is 0.0962. The fourth-order valence-electron chi connectivity index (χ4n) is 3.20. The number of anilines is 1. The van der Waals surface area contributed by atoms with E-state index in [0.717, 1.165) is 11.1 Å². The number of pyridine rings is 2. The van der Waals surface area contributed by atoms with Gasteiger partial charge in [0.25, 0.3) is 15.9 Å². The molecular formula is C24H19ClN4O3S. The van der Waals surface area contributed by atoms with Gasteiger partial charge < -0.3 is 5.32 Å². The Morgan fingerprint density at radius 3 is 2.21 bits per heavy atom. The molecule has 2 aromatic carbocycles. The van der Waals surface area contributed by atoms with Crippen LogP contribution in [0.15, 0.2) is 90.2 Å². The first-order chi connectivity index (χ1) is 15.9. The molecule has 0 atom stereocenters. The van der Waals surface area contributed by atoms with Crippen molar-refractivity contribution in [3.63, 3.8) is 0 Å². The summed E-state index contributed by atoms with van der Waals surface area (Å²) in [6, 6.07) is 19.4. The Morgan fingerprint density at radius 2 is 1.52 bits per heavy atom. The van der Waals surface area contributed by atoms with Crippen LogP contribution in [0.4, 0.5) is 5.69 Å². The lowest BCUT2D eigenvalue weighted by Crippen LogP contribution is -2.17. The smallest absolute Gasteiger partial charge is 0.261 e. The van der Waals surface area contributed by atoms with Crippen LogP contribution in [-0.2, 0) is 10.0 Å². The summed E-state index contributed by atoms with van der Waals surface area (Å²) in [6.45, 7) is 0. The topological polar surface area (TPSA) is 101 Å². The molecule has 2 heterocycles. The Kier molecular flexibility index (Phi) is 6.39. The second-order valence-corrected chi connectivity index (χ2v) is 9.14. The molecule has 0 radical (unpaired) electrons. The molecule has 4 aromatic rings. The van der Waals surface area contributed by atoms with Crippen molar-refractivity contribution in [3.8, 4) is 22.3 Å². The highest BCUT2D eigenvalue weighted by Crippen LogP contribution is 2.29.